The van der Waals surface area contributed by atoms with E-state index in [4.69, 9.17) is 0 Å². The van der Waals surface area contributed by atoms with Crippen LogP contribution in [-0.4, -0.2) is 15.0 Å². The van der Waals surface area contributed by atoms with Crippen LogP contribution in [0.1, 0.15) is 0 Å². The topological polar surface area (TPSA) is 73.6 Å². The van der Waals surface area contributed by atoms with Crippen molar-refractivity contribution in [2.45, 2.75) is 0 Å². The van der Waals surface area contributed by atoms with Gasteiger partial charge in [-0.3, -0.25) is 0 Å². The molecule has 4 aromatic rings. The molecule has 0 spiro atoms. The van der Waals surface area contributed by atoms with Crippen LogP contribution in [0.25, 0.3) is 21.3 Å². The number of rotatable bonds is 2. The van der Waals surface area contributed by atoms with Gasteiger partial charge in [0, 0.05) is 5.69 Å². The van der Waals surface area contributed by atoms with E-state index in [1.54, 1.807) is 11.3 Å². The zero-order valence-corrected chi connectivity index (χ0v) is 11.1. The molecule has 3 N–H and O–H groups in total. The molecule has 0 amide bonds. The summed E-state index contributed by atoms with van der Waals surface area (Å²) in [6, 6.07) is 13.7. The number of imidazole rings is 1. The van der Waals surface area contributed by atoms with Gasteiger partial charge in [-0.2, -0.15) is 0 Å². The molecule has 0 aliphatic rings. The Balaban J connectivity index is 1.73. The first kappa shape index (κ1) is 11.2. The average molecular weight is 282 g/mol. The molecule has 0 saturated carbocycles. The second-order valence-electron chi connectivity index (χ2n) is 4.45. The van der Waals surface area contributed by atoms with Crippen LogP contribution in [0.2, 0.25) is 0 Å². The molecule has 2 heterocycles. The molecule has 4 rings (SSSR count). The quantitative estimate of drug-likeness (QED) is 0.528. The van der Waals surface area contributed by atoms with Crippen LogP contribution in [-0.2, 0) is 0 Å². The van der Waals surface area contributed by atoms with E-state index < -0.39 is 0 Å². The Kier molecular flexibility index (Phi) is 2.37. The Hall–Kier alpha value is -2.60. The third-order valence-corrected chi connectivity index (χ3v) is 4.01. The molecule has 0 radical (unpaired) electrons. The molecular formula is C14H10N4OS. The molecule has 0 bridgehead atoms. The predicted octanol–water partition coefficient (Wildman–Crippen LogP) is 3.21. The Morgan fingerprint density at radius 2 is 1.90 bits per heavy atom. The first-order valence-corrected chi connectivity index (χ1v) is 6.94. The first-order valence-electron chi connectivity index (χ1n) is 6.12. The summed E-state index contributed by atoms with van der Waals surface area (Å²) in [6.45, 7) is 0. The monoisotopic (exact) mass is 282 g/mol. The summed E-state index contributed by atoms with van der Waals surface area (Å²) in [6.07, 6.45) is 0. The minimum atomic E-state index is -0.197. The van der Waals surface area contributed by atoms with E-state index in [9.17, 15) is 4.79 Å². The second kappa shape index (κ2) is 4.21. The van der Waals surface area contributed by atoms with E-state index in [0.29, 0.717) is 0 Å². The molecule has 2 aromatic carbocycles. The van der Waals surface area contributed by atoms with Gasteiger partial charge in [-0.05, 0) is 30.3 Å². The second-order valence-corrected chi connectivity index (χ2v) is 5.48. The molecule has 98 valence electrons. The van der Waals surface area contributed by atoms with Crippen LogP contribution in [0, 0.1) is 0 Å². The lowest BCUT2D eigenvalue weighted by Crippen LogP contribution is -1.99. The highest BCUT2D eigenvalue weighted by molar-refractivity contribution is 7.22. The molecule has 0 aliphatic heterocycles. The third-order valence-electron chi connectivity index (χ3n) is 3.06. The van der Waals surface area contributed by atoms with Gasteiger partial charge < -0.3 is 15.3 Å². The van der Waals surface area contributed by atoms with Crippen molar-refractivity contribution in [2.75, 3.05) is 5.32 Å². The number of para-hydroxylation sites is 1. The number of nitrogens with one attached hydrogen (secondary N) is 3. The van der Waals surface area contributed by atoms with E-state index in [1.807, 2.05) is 42.5 Å². The van der Waals surface area contributed by atoms with Crippen molar-refractivity contribution in [1.29, 1.82) is 0 Å². The number of hydrogen-bond acceptors (Lipinski definition) is 4. The van der Waals surface area contributed by atoms with Crippen molar-refractivity contribution in [3.8, 4) is 0 Å². The fourth-order valence-electron chi connectivity index (χ4n) is 2.16. The number of fused-ring (bicyclic) bond motifs is 2. The van der Waals surface area contributed by atoms with Crippen LogP contribution in [0.3, 0.4) is 0 Å². The summed E-state index contributed by atoms with van der Waals surface area (Å²) in [5, 5.41) is 4.10. The van der Waals surface area contributed by atoms with Gasteiger partial charge in [0.05, 0.1) is 21.3 Å². The largest absolute Gasteiger partial charge is 0.331 e. The average Bonchev–Trinajstić information content (AvgIpc) is 2.99. The summed E-state index contributed by atoms with van der Waals surface area (Å²) < 4.78 is 1.14. The van der Waals surface area contributed by atoms with Gasteiger partial charge >= 0.3 is 5.69 Å². The highest BCUT2D eigenvalue weighted by Crippen LogP contribution is 2.28. The molecular weight excluding hydrogens is 272 g/mol. The van der Waals surface area contributed by atoms with Crippen LogP contribution in [0.4, 0.5) is 10.8 Å². The number of H-pyrrole nitrogens is 2. The highest BCUT2D eigenvalue weighted by Gasteiger charge is 2.04. The maximum Gasteiger partial charge on any atom is 0.323 e. The van der Waals surface area contributed by atoms with Crippen LogP contribution in [0.15, 0.2) is 47.3 Å². The predicted molar refractivity (Wildman–Crippen MR) is 81.8 cm³/mol. The Bertz CT molecular complexity index is 933. The minimum Gasteiger partial charge on any atom is -0.331 e. The lowest BCUT2D eigenvalue weighted by atomic mass is 10.3. The Labute approximate surface area is 117 Å². The zero-order valence-electron chi connectivity index (χ0n) is 10.3. The SMILES string of the molecule is O=c1[nH]c2ccc(Nc3nc4ccccc4s3)cc2[nH]1. The van der Waals surface area contributed by atoms with Crippen molar-refractivity contribution >= 4 is 43.4 Å². The molecule has 0 aliphatic carbocycles. The zero-order chi connectivity index (χ0) is 13.5. The summed E-state index contributed by atoms with van der Waals surface area (Å²) in [4.78, 5) is 21.2. The van der Waals surface area contributed by atoms with Gasteiger partial charge in [0.1, 0.15) is 0 Å². The minimum absolute atomic E-state index is 0.197. The van der Waals surface area contributed by atoms with Gasteiger partial charge in [0.2, 0.25) is 0 Å². The number of hydrogen-bond donors (Lipinski definition) is 3. The van der Waals surface area contributed by atoms with Crippen molar-refractivity contribution in [3.05, 3.63) is 52.9 Å². The van der Waals surface area contributed by atoms with E-state index in [1.165, 1.54) is 0 Å². The van der Waals surface area contributed by atoms with Crippen molar-refractivity contribution < 1.29 is 0 Å². The highest BCUT2D eigenvalue weighted by atomic mass is 32.1. The van der Waals surface area contributed by atoms with Gasteiger partial charge in [-0.1, -0.05) is 23.5 Å². The molecule has 0 fully saturated rings. The number of thiazole rings is 1. The lowest BCUT2D eigenvalue weighted by Gasteiger charge is -2.01. The number of benzene rings is 2. The van der Waals surface area contributed by atoms with E-state index in [2.05, 4.69) is 20.3 Å². The lowest BCUT2D eigenvalue weighted by molar-refractivity contribution is 1.22. The van der Waals surface area contributed by atoms with E-state index in [0.717, 1.165) is 32.1 Å². The van der Waals surface area contributed by atoms with Crippen LogP contribution >= 0.6 is 11.3 Å². The first-order chi connectivity index (χ1) is 9.78. The van der Waals surface area contributed by atoms with Crippen molar-refractivity contribution in [2.24, 2.45) is 0 Å². The van der Waals surface area contributed by atoms with Gasteiger partial charge in [-0.15, -0.1) is 0 Å². The normalized spacial score (nSPS) is 11.2. The molecule has 0 atom stereocenters. The summed E-state index contributed by atoms with van der Waals surface area (Å²) in [5.74, 6) is 0. The molecule has 6 heteroatoms. The summed E-state index contributed by atoms with van der Waals surface area (Å²) in [7, 11) is 0. The van der Waals surface area contributed by atoms with Crippen LogP contribution in [0.5, 0.6) is 0 Å². The fraction of sp³-hybridized carbons (Fsp3) is 0. The fourth-order valence-corrected chi connectivity index (χ4v) is 3.05. The number of aromatic nitrogens is 3. The maximum absolute atomic E-state index is 11.2. The number of aromatic amines is 2. The van der Waals surface area contributed by atoms with Crippen LogP contribution < -0.4 is 11.0 Å². The maximum atomic E-state index is 11.2. The molecule has 0 unspecified atom stereocenters. The van der Waals surface area contributed by atoms with Gasteiger partial charge in [0.25, 0.3) is 0 Å². The molecule has 2 aromatic heterocycles. The summed E-state index contributed by atoms with van der Waals surface area (Å²) >= 11 is 1.60. The third kappa shape index (κ3) is 1.86. The Morgan fingerprint density at radius 3 is 2.80 bits per heavy atom. The van der Waals surface area contributed by atoms with Crippen molar-refractivity contribution in [3.63, 3.8) is 0 Å². The van der Waals surface area contributed by atoms with Crippen molar-refractivity contribution in [1.82, 2.24) is 15.0 Å². The van der Waals surface area contributed by atoms with E-state index >= 15 is 0 Å². The van der Waals surface area contributed by atoms with E-state index in [-0.39, 0.29) is 5.69 Å². The Morgan fingerprint density at radius 1 is 1.05 bits per heavy atom. The molecule has 20 heavy (non-hydrogen) atoms. The molecule has 5 nitrogen and oxygen atoms in total. The number of anilines is 2. The smallest absolute Gasteiger partial charge is 0.323 e. The standard InChI is InChI=1S/C14H10N4OS/c19-13-16-9-6-5-8(7-11(9)17-13)15-14-18-10-3-1-2-4-12(10)20-14/h1-7H,(H,15,18)(H2,16,17,19). The van der Waals surface area contributed by atoms with Gasteiger partial charge in [0.15, 0.2) is 5.13 Å². The van der Waals surface area contributed by atoms with Gasteiger partial charge in [-0.25, -0.2) is 9.78 Å². The summed E-state index contributed by atoms with van der Waals surface area (Å²) in [5.41, 5.74) is 3.26. The number of nitrogens with zero attached hydrogens (tertiary/aromatic N) is 1. The molecule has 0 saturated heterocycles.